The minimum atomic E-state index is -0.176. The number of benzene rings is 3. The van der Waals surface area contributed by atoms with Crippen molar-refractivity contribution in [3.05, 3.63) is 78.4 Å². The summed E-state index contributed by atoms with van der Waals surface area (Å²) in [4.78, 5) is 14.0. The van der Waals surface area contributed by atoms with Gasteiger partial charge in [-0.2, -0.15) is 0 Å². The molecule has 1 heterocycles. The van der Waals surface area contributed by atoms with E-state index in [1.54, 1.807) is 12.1 Å². The predicted octanol–water partition coefficient (Wildman–Crippen LogP) is 3.48. The fraction of sp³-hybridized carbons (Fsp3) is 0.160. The summed E-state index contributed by atoms with van der Waals surface area (Å²) in [6.07, 6.45) is 0.185. The number of aliphatic hydroxyl groups excluding tert-OH is 2. The van der Waals surface area contributed by atoms with Crippen LogP contribution in [0.4, 0.5) is 0 Å². The average Bonchev–Trinajstić information content (AvgIpc) is 2.85. The lowest BCUT2D eigenvalue weighted by atomic mass is 10.0. The quantitative estimate of drug-likeness (QED) is 0.393. The minimum absolute atomic E-state index is 0.0491. The van der Waals surface area contributed by atoms with Gasteiger partial charge in [-0.25, -0.2) is 15.0 Å². The van der Waals surface area contributed by atoms with E-state index in [4.69, 9.17) is 9.84 Å². The van der Waals surface area contributed by atoms with E-state index < -0.39 is 0 Å². The summed E-state index contributed by atoms with van der Waals surface area (Å²) in [6.45, 7) is -0.301. The lowest BCUT2D eigenvalue weighted by Gasteiger charge is -2.15. The number of aromatic nitrogens is 3. The van der Waals surface area contributed by atoms with Crippen molar-refractivity contribution < 1.29 is 20.1 Å². The van der Waals surface area contributed by atoms with Gasteiger partial charge in [0.1, 0.15) is 6.61 Å². The number of ether oxygens (including phenoxy) is 1. The second-order valence-corrected chi connectivity index (χ2v) is 7.02. The average molecular weight is 429 g/mol. The summed E-state index contributed by atoms with van der Waals surface area (Å²) in [5, 5.41) is 29.4. The topological polar surface area (TPSA) is 109 Å². The van der Waals surface area contributed by atoms with Gasteiger partial charge in [0, 0.05) is 35.3 Å². The van der Waals surface area contributed by atoms with E-state index in [0.717, 1.165) is 11.1 Å². The highest BCUT2D eigenvalue weighted by Gasteiger charge is 2.19. The highest BCUT2D eigenvalue weighted by molar-refractivity contribution is 5.71. The van der Waals surface area contributed by atoms with E-state index in [1.165, 1.54) is 0 Å². The third-order valence-corrected chi connectivity index (χ3v) is 4.90. The summed E-state index contributed by atoms with van der Waals surface area (Å²) in [5.74, 6) is 1.51. The van der Waals surface area contributed by atoms with Crippen molar-refractivity contribution >= 4 is 0 Å². The molecule has 0 atom stereocenters. The number of aromatic hydroxyl groups is 1. The fourth-order valence-electron chi connectivity index (χ4n) is 3.39. The molecule has 0 saturated carbocycles. The molecule has 4 aromatic rings. The van der Waals surface area contributed by atoms with Crippen LogP contribution in [0.15, 0.2) is 72.8 Å². The molecule has 3 aromatic carbocycles. The SMILES string of the molecule is OCCOc1ccc(-c2nc(-c3ccccc3)nc(-c3ccccc3)n2)c(CCO)c1O. The lowest BCUT2D eigenvalue weighted by molar-refractivity contribution is 0.196. The third-order valence-electron chi connectivity index (χ3n) is 4.90. The fourth-order valence-corrected chi connectivity index (χ4v) is 3.39. The first-order chi connectivity index (χ1) is 15.7. The van der Waals surface area contributed by atoms with Crippen LogP contribution in [0.2, 0.25) is 0 Å². The molecule has 32 heavy (non-hydrogen) atoms. The van der Waals surface area contributed by atoms with Crippen molar-refractivity contribution in [1.82, 2.24) is 15.0 Å². The van der Waals surface area contributed by atoms with Gasteiger partial charge < -0.3 is 20.1 Å². The van der Waals surface area contributed by atoms with Crippen LogP contribution in [0.1, 0.15) is 5.56 Å². The molecule has 1 aromatic heterocycles. The number of rotatable bonds is 8. The van der Waals surface area contributed by atoms with Gasteiger partial charge in [0.2, 0.25) is 0 Å². The van der Waals surface area contributed by atoms with E-state index in [0.29, 0.717) is 28.6 Å². The maximum atomic E-state index is 10.8. The van der Waals surface area contributed by atoms with Crippen molar-refractivity contribution in [1.29, 1.82) is 0 Å². The van der Waals surface area contributed by atoms with E-state index in [9.17, 15) is 10.2 Å². The minimum Gasteiger partial charge on any atom is -0.504 e. The first-order valence-electron chi connectivity index (χ1n) is 10.3. The van der Waals surface area contributed by atoms with Crippen LogP contribution in [0, 0.1) is 0 Å². The molecule has 3 N–H and O–H groups in total. The van der Waals surface area contributed by atoms with E-state index in [2.05, 4.69) is 15.0 Å². The number of hydrogen-bond donors (Lipinski definition) is 3. The molecule has 4 rings (SSSR count). The van der Waals surface area contributed by atoms with Gasteiger partial charge in [0.15, 0.2) is 29.0 Å². The molecule has 162 valence electrons. The first-order valence-corrected chi connectivity index (χ1v) is 10.3. The number of aliphatic hydroxyl groups is 2. The largest absolute Gasteiger partial charge is 0.504 e. The van der Waals surface area contributed by atoms with Crippen molar-refractivity contribution in [2.45, 2.75) is 6.42 Å². The summed E-state index contributed by atoms with van der Waals surface area (Å²) >= 11 is 0. The molecule has 7 nitrogen and oxygen atoms in total. The van der Waals surface area contributed by atoms with Gasteiger partial charge in [-0.3, -0.25) is 0 Å². The highest BCUT2D eigenvalue weighted by atomic mass is 16.5. The summed E-state index contributed by atoms with van der Waals surface area (Å²) in [7, 11) is 0. The van der Waals surface area contributed by atoms with Crippen LogP contribution >= 0.6 is 0 Å². The second kappa shape index (κ2) is 10.00. The Morgan fingerprint density at radius 3 is 1.75 bits per heavy atom. The summed E-state index contributed by atoms with van der Waals surface area (Å²) in [5.41, 5.74) is 2.71. The van der Waals surface area contributed by atoms with Crippen molar-refractivity contribution in [3.8, 4) is 45.7 Å². The lowest BCUT2D eigenvalue weighted by Crippen LogP contribution is -2.06. The Morgan fingerprint density at radius 1 is 0.656 bits per heavy atom. The van der Waals surface area contributed by atoms with Gasteiger partial charge in [0.05, 0.1) is 6.61 Å². The van der Waals surface area contributed by atoms with Crippen molar-refractivity contribution in [3.63, 3.8) is 0 Å². The zero-order chi connectivity index (χ0) is 22.3. The van der Waals surface area contributed by atoms with Crippen molar-refractivity contribution in [2.75, 3.05) is 19.8 Å². The molecule has 7 heteroatoms. The first kappa shape index (κ1) is 21.4. The van der Waals surface area contributed by atoms with Crippen LogP contribution in [0.25, 0.3) is 34.2 Å². The van der Waals surface area contributed by atoms with Gasteiger partial charge in [0.25, 0.3) is 0 Å². The smallest absolute Gasteiger partial charge is 0.164 e. The Balaban J connectivity index is 1.90. The monoisotopic (exact) mass is 429 g/mol. The number of nitrogens with zero attached hydrogens (tertiary/aromatic N) is 3. The molecule has 0 radical (unpaired) electrons. The summed E-state index contributed by atoms with van der Waals surface area (Å²) in [6, 6.07) is 22.5. The molecule has 0 bridgehead atoms. The summed E-state index contributed by atoms with van der Waals surface area (Å²) < 4.78 is 5.42. The van der Waals surface area contributed by atoms with Crippen LogP contribution in [-0.2, 0) is 6.42 Å². The standard InChI is InChI=1S/C25H23N3O4/c29-14-13-19-20(11-12-21(22(19)31)32-16-15-30)25-27-23(17-7-3-1-4-8-17)26-24(28-25)18-9-5-2-6-10-18/h1-12,29-31H,13-16H2. The number of phenols is 1. The Kier molecular flexibility index (Phi) is 6.69. The van der Waals surface area contributed by atoms with E-state index in [-0.39, 0.29) is 37.7 Å². The molecule has 0 spiro atoms. The Hall–Kier alpha value is -3.81. The van der Waals surface area contributed by atoms with Crippen LogP contribution in [-0.4, -0.2) is 50.1 Å². The predicted molar refractivity (Wildman–Crippen MR) is 121 cm³/mol. The zero-order valence-corrected chi connectivity index (χ0v) is 17.3. The second-order valence-electron chi connectivity index (χ2n) is 7.02. The third kappa shape index (κ3) is 4.59. The molecular weight excluding hydrogens is 406 g/mol. The van der Waals surface area contributed by atoms with E-state index >= 15 is 0 Å². The molecule has 0 aliphatic carbocycles. The molecule has 0 aliphatic rings. The number of phenolic OH excluding ortho intramolecular Hbond substituents is 1. The van der Waals surface area contributed by atoms with Crippen molar-refractivity contribution in [2.24, 2.45) is 0 Å². The number of hydrogen-bond acceptors (Lipinski definition) is 7. The Bertz CT molecular complexity index is 1130. The molecule has 0 aliphatic heterocycles. The molecule has 0 amide bonds. The van der Waals surface area contributed by atoms with Gasteiger partial charge in [-0.1, -0.05) is 60.7 Å². The Morgan fingerprint density at radius 2 is 1.22 bits per heavy atom. The molecular formula is C25H23N3O4. The zero-order valence-electron chi connectivity index (χ0n) is 17.3. The molecule has 0 fully saturated rings. The Labute approximate surface area is 185 Å². The van der Waals surface area contributed by atoms with E-state index in [1.807, 2.05) is 60.7 Å². The van der Waals surface area contributed by atoms with Crippen LogP contribution in [0.5, 0.6) is 11.5 Å². The van der Waals surface area contributed by atoms with Gasteiger partial charge in [-0.05, 0) is 12.1 Å². The molecule has 0 unspecified atom stereocenters. The van der Waals surface area contributed by atoms with Crippen LogP contribution in [0.3, 0.4) is 0 Å². The normalized spacial score (nSPS) is 10.8. The van der Waals surface area contributed by atoms with Crippen LogP contribution < -0.4 is 4.74 Å². The highest BCUT2D eigenvalue weighted by Crippen LogP contribution is 2.37. The maximum Gasteiger partial charge on any atom is 0.164 e. The van der Waals surface area contributed by atoms with Gasteiger partial charge >= 0.3 is 0 Å². The molecule has 0 saturated heterocycles. The maximum absolute atomic E-state index is 10.8. The van der Waals surface area contributed by atoms with Gasteiger partial charge in [-0.15, -0.1) is 0 Å².